The van der Waals surface area contributed by atoms with Crippen LogP contribution in [-0.2, 0) is 0 Å². The van der Waals surface area contributed by atoms with Gasteiger partial charge in [0.05, 0.1) is 4.88 Å². The molecule has 4 heteroatoms. The summed E-state index contributed by atoms with van der Waals surface area (Å²) in [5, 5.41) is 3.52. The smallest absolute Gasteiger partial charge is 0.261 e. The quantitative estimate of drug-likeness (QED) is 0.869. The van der Waals surface area contributed by atoms with Gasteiger partial charge in [-0.3, -0.25) is 4.79 Å². The molecule has 1 amide bonds. The Morgan fingerprint density at radius 3 is 2.88 bits per heavy atom. The Bertz CT molecular complexity index is 601. The lowest BCUT2D eigenvalue weighted by Gasteiger charge is -2.01. The monoisotopic (exact) mass is 249 g/mol. The third kappa shape index (κ3) is 1.82. The third-order valence-corrected chi connectivity index (χ3v) is 4.28. The van der Waals surface area contributed by atoms with E-state index in [9.17, 15) is 9.18 Å². The zero-order valence-electron chi connectivity index (χ0n) is 9.42. The Hall–Kier alpha value is -1.42. The molecule has 0 bridgehead atoms. The first-order valence-corrected chi connectivity index (χ1v) is 6.47. The lowest BCUT2D eigenvalue weighted by atomic mass is 10.1. The van der Waals surface area contributed by atoms with Crippen molar-refractivity contribution in [3.05, 3.63) is 34.5 Å². The standard InChI is InChI=1S/C13H12FNOS/c1-7-11-9(14)3-2-4-10(11)17-12(7)13(16)15-8-5-6-8/h2-4,8H,5-6H2,1H3,(H,15,16). The molecule has 3 rings (SSSR count). The summed E-state index contributed by atoms with van der Waals surface area (Å²) in [6.07, 6.45) is 2.12. The van der Waals surface area contributed by atoms with Crippen molar-refractivity contribution in [1.29, 1.82) is 0 Å². The Labute approximate surface area is 102 Å². The lowest BCUT2D eigenvalue weighted by Crippen LogP contribution is -2.24. The number of fused-ring (bicyclic) bond motifs is 1. The van der Waals surface area contributed by atoms with Gasteiger partial charge >= 0.3 is 0 Å². The fourth-order valence-corrected chi connectivity index (χ4v) is 3.07. The molecule has 1 aromatic heterocycles. The normalized spacial score (nSPS) is 15.2. The molecule has 1 saturated carbocycles. The van der Waals surface area contributed by atoms with E-state index in [1.807, 2.05) is 13.0 Å². The van der Waals surface area contributed by atoms with Crippen molar-refractivity contribution in [2.24, 2.45) is 0 Å². The van der Waals surface area contributed by atoms with Crippen LogP contribution in [0.3, 0.4) is 0 Å². The van der Waals surface area contributed by atoms with Gasteiger partial charge in [0.15, 0.2) is 0 Å². The number of hydrogen-bond acceptors (Lipinski definition) is 2. The second kappa shape index (κ2) is 3.81. The molecule has 1 N–H and O–H groups in total. The molecule has 0 saturated heterocycles. The number of benzene rings is 1. The minimum absolute atomic E-state index is 0.0643. The van der Waals surface area contributed by atoms with Crippen molar-refractivity contribution in [3.63, 3.8) is 0 Å². The van der Waals surface area contributed by atoms with Crippen LogP contribution in [0.4, 0.5) is 4.39 Å². The number of amides is 1. The highest BCUT2D eigenvalue weighted by Gasteiger charge is 2.26. The number of carbonyl (C=O) groups excluding carboxylic acids is 1. The van der Waals surface area contributed by atoms with E-state index < -0.39 is 0 Å². The third-order valence-electron chi connectivity index (χ3n) is 3.02. The highest BCUT2D eigenvalue weighted by molar-refractivity contribution is 7.21. The van der Waals surface area contributed by atoms with Crippen LogP contribution in [0.5, 0.6) is 0 Å². The van der Waals surface area contributed by atoms with Gasteiger partial charge in [-0.05, 0) is 37.5 Å². The van der Waals surface area contributed by atoms with Crippen molar-refractivity contribution in [2.75, 3.05) is 0 Å². The Morgan fingerprint density at radius 2 is 2.24 bits per heavy atom. The van der Waals surface area contributed by atoms with Crippen LogP contribution in [0.2, 0.25) is 0 Å². The van der Waals surface area contributed by atoms with E-state index >= 15 is 0 Å². The van der Waals surface area contributed by atoms with Crippen LogP contribution >= 0.6 is 11.3 Å². The van der Waals surface area contributed by atoms with Crippen molar-refractivity contribution in [1.82, 2.24) is 5.32 Å². The van der Waals surface area contributed by atoms with E-state index in [1.165, 1.54) is 17.4 Å². The maximum Gasteiger partial charge on any atom is 0.261 e. The molecule has 88 valence electrons. The first kappa shape index (κ1) is 10.7. The summed E-state index contributed by atoms with van der Waals surface area (Å²) in [5.41, 5.74) is 0.751. The highest BCUT2D eigenvalue weighted by atomic mass is 32.1. The van der Waals surface area contributed by atoms with Crippen molar-refractivity contribution < 1.29 is 9.18 Å². The molecule has 1 aromatic carbocycles. The predicted octanol–water partition coefficient (Wildman–Crippen LogP) is 3.24. The second-order valence-corrected chi connectivity index (χ2v) is 5.47. The Balaban J connectivity index is 2.07. The minimum Gasteiger partial charge on any atom is -0.349 e. The number of hydrogen-bond donors (Lipinski definition) is 1. The molecule has 17 heavy (non-hydrogen) atoms. The van der Waals surface area contributed by atoms with E-state index in [4.69, 9.17) is 0 Å². The van der Waals surface area contributed by atoms with Gasteiger partial charge in [-0.2, -0.15) is 0 Å². The summed E-state index contributed by atoms with van der Waals surface area (Å²) < 4.78 is 14.5. The molecule has 2 nitrogen and oxygen atoms in total. The van der Waals surface area contributed by atoms with Gasteiger partial charge in [0, 0.05) is 16.1 Å². The average molecular weight is 249 g/mol. The number of carbonyl (C=O) groups is 1. The van der Waals surface area contributed by atoms with Crippen LogP contribution in [0, 0.1) is 12.7 Å². The molecule has 1 aliphatic rings. The van der Waals surface area contributed by atoms with E-state index in [2.05, 4.69) is 5.32 Å². The van der Waals surface area contributed by atoms with E-state index in [-0.39, 0.29) is 11.7 Å². The van der Waals surface area contributed by atoms with E-state index in [0.717, 1.165) is 23.1 Å². The number of thiophene rings is 1. The van der Waals surface area contributed by atoms with Gasteiger partial charge in [-0.1, -0.05) is 6.07 Å². The molecule has 1 heterocycles. The molecular weight excluding hydrogens is 237 g/mol. The van der Waals surface area contributed by atoms with Gasteiger partial charge < -0.3 is 5.32 Å². The Morgan fingerprint density at radius 1 is 1.47 bits per heavy atom. The topological polar surface area (TPSA) is 29.1 Å². The molecule has 0 aliphatic heterocycles. The molecule has 0 spiro atoms. The summed E-state index contributed by atoms with van der Waals surface area (Å²) in [6.45, 7) is 1.81. The largest absolute Gasteiger partial charge is 0.349 e. The number of aryl methyl sites for hydroxylation is 1. The van der Waals surface area contributed by atoms with E-state index in [1.54, 1.807) is 6.07 Å². The molecule has 1 aliphatic carbocycles. The minimum atomic E-state index is -0.248. The molecule has 2 aromatic rings. The summed E-state index contributed by atoms with van der Waals surface area (Å²) in [5.74, 6) is -0.313. The van der Waals surface area contributed by atoms with Gasteiger partial charge in [0.1, 0.15) is 5.82 Å². The van der Waals surface area contributed by atoms with Crippen LogP contribution in [0.1, 0.15) is 28.1 Å². The maximum atomic E-state index is 13.7. The van der Waals surface area contributed by atoms with Crippen molar-refractivity contribution in [2.45, 2.75) is 25.8 Å². The summed E-state index contributed by atoms with van der Waals surface area (Å²) in [4.78, 5) is 12.6. The number of halogens is 1. The zero-order valence-corrected chi connectivity index (χ0v) is 10.2. The number of rotatable bonds is 2. The average Bonchev–Trinajstić information content (AvgIpc) is 3.02. The molecule has 0 radical (unpaired) electrons. The van der Waals surface area contributed by atoms with Crippen molar-refractivity contribution in [3.8, 4) is 0 Å². The number of nitrogens with one attached hydrogen (secondary N) is 1. The zero-order chi connectivity index (χ0) is 12.0. The maximum absolute atomic E-state index is 13.7. The first-order valence-electron chi connectivity index (χ1n) is 5.65. The molecule has 0 atom stereocenters. The van der Waals surface area contributed by atoms with Crippen LogP contribution in [-0.4, -0.2) is 11.9 Å². The van der Waals surface area contributed by atoms with Crippen LogP contribution < -0.4 is 5.32 Å². The SMILES string of the molecule is Cc1c(C(=O)NC2CC2)sc2cccc(F)c12. The van der Waals surface area contributed by atoms with Gasteiger partial charge in [0.2, 0.25) is 0 Å². The van der Waals surface area contributed by atoms with Gasteiger partial charge in [-0.15, -0.1) is 11.3 Å². The Kier molecular flexibility index (Phi) is 2.40. The summed E-state index contributed by atoms with van der Waals surface area (Å²) >= 11 is 1.36. The van der Waals surface area contributed by atoms with Crippen molar-refractivity contribution >= 4 is 27.3 Å². The molecular formula is C13H12FNOS. The first-order chi connectivity index (χ1) is 8.16. The summed E-state index contributed by atoms with van der Waals surface area (Å²) in [6, 6.07) is 5.29. The molecule has 1 fully saturated rings. The fourth-order valence-electron chi connectivity index (χ4n) is 1.95. The van der Waals surface area contributed by atoms with E-state index in [0.29, 0.717) is 16.3 Å². The second-order valence-electron chi connectivity index (χ2n) is 4.42. The van der Waals surface area contributed by atoms with Gasteiger partial charge in [0.25, 0.3) is 5.91 Å². The summed E-state index contributed by atoms with van der Waals surface area (Å²) in [7, 11) is 0. The van der Waals surface area contributed by atoms with Crippen LogP contribution in [0.15, 0.2) is 18.2 Å². The highest BCUT2D eigenvalue weighted by Crippen LogP contribution is 2.33. The fraction of sp³-hybridized carbons (Fsp3) is 0.308. The van der Waals surface area contributed by atoms with Crippen LogP contribution in [0.25, 0.3) is 10.1 Å². The molecule has 0 unspecified atom stereocenters. The van der Waals surface area contributed by atoms with Gasteiger partial charge in [-0.25, -0.2) is 4.39 Å². The predicted molar refractivity (Wildman–Crippen MR) is 67.0 cm³/mol. The lowest BCUT2D eigenvalue weighted by molar-refractivity contribution is 0.0954.